The Morgan fingerprint density at radius 1 is 1.04 bits per heavy atom. The van der Waals surface area contributed by atoms with Gasteiger partial charge in [-0.3, -0.25) is 14.5 Å². The van der Waals surface area contributed by atoms with Gasteiger partial charge in [0.1, 0.15) is 5.75 Å². The fraction of sp³-hybridized carbons (Fsp3) is 0.111. The average Bonchev–Trinajstić information content (AvgIpc) is 2.82. The van der Waals surface area contributed by atoms with Gasteiger partial charge in [0.25, 0.3) is 11.1 Å². The third kappa shape index (κ3) is 3.14. The number of amides is 2. The van der Waals surface area contributed by atoms with Gasteiger partial charge in [0.2, 0.25) is 0 Å². The van der Waals surface area contributed by atoms with Crippen molar-refractivity contribution in [1.82, 2.24) is 4.90 Å². The first-order valence-corrected chi connectivity index (χ1v) is 7.86. The largest absolute Gasteiger partial charge is 0.497 e. The number of hydrogen-bond acceptors (Lipinski definition) is 4. The van der Waals surface area contributed by atoms with Crippen molar-refractivity contribution < 1.29 is 14.3 Å². The second-order valence-corrected chi connectivity index (χ2v) is 6.09. The normalized spacial score (nSPS) is 16.3. The van der Waals surface area contributed by atoms with Crippen LogP contribution in [-0.2, 0) is 4.79 Å². The summed E-state index contributed by atoms with van der Waals surface area (Å²) in [6, 6.07) is 15.6. The van der Waals surface area contributed by atoms with Gasteiger partial charge in [-0.15, -0.1) is 0 Å². The maximum atomic E-state index is 11.9. The predicted octanol–water partition coefficient (Wildman–Crippen LogP) is 4.03. The van der Waals surface area contributed by atoms with Crippen LogP contribution in [0.2, 0.25) is 0 Å². The molecule has 1 heterocycles. The summed E-state index contributed by atoms with van der Waals surface area (Å²) in [7, 11) is 3.13. The van der Waals surface area contributed by atoms with Gasteiger partial charge < -0.3 is 4.74 Å². The average molecular weight is 325 g/mol. The highest BCUT2D eigenvalue weighted by molar-refractivity contribution is 8.18. The van der Waals surface area contributed by atoms with Gasteiger partial charge in [0, 0.05) is 7.05 Å². The van der Waals surface area contributed by atoms with E-state index in [2.05, 4.69) is 0 Å². The van der Waals surface area contributed by atoms with E-state index in [0.29, 0.717) is 4.91 Å². The standard InChI is InChI=1S/C18H15NO3S/c1-19-17(20)16(23-18(19)21)11-12-4-3-5-14(10-12)13-6-8-15(22-2)9-7-13/h3-11H,1-2H3. The third-order valence-electron chi connectivity index (χ3n) is 3.59. The fourth-order valence-electron chi connectivity index (χ4n) is 2.29. The zero-order valence-electron chi connectivity index (χ0n) is 12.8. The van der Waals surface area contributed by atoms with Gasteiger partial charge >= 0.3 is 0 Å². The van der Waals surface area contributed by atoms with E-state index < -0.39 is 0 Å². The van der Waals surface area contributed by atoms with E-state index in [1.807, 2.05) is 48.5 Å². The lowest BCUT2D eigenvalue weighted by Gasteiger charge is -2.05. The van der Waals surface area contributed by atoms with Crippen molar-refractivity contribution in [3.05, 3.63) is 59.0 Å². The number of benzene rings is 2. The number of ether oxygens (including phenoxy) is 1. The second kappa shape index (κ2) is 6.30. The number of carbonyl (C=O) groups is 2. The maximum Gasteiger partial charge on any atom is 0.293 e. The Morgan fingerprint density at radius 2 is 1.78 bits per heavy atom. The number of nitrogens with zero attached hydrogens (tertiary/aromatic N) is 1. The molecule has 0 spiro atoms. The van der Waals surface area contributed by atoms with Crippen molar-refractivity contribution >= 4 is 29.0 Å². The summed E-state index contributed by atoms with van der Waals surface area (Å²) in [6.45, 7) is 0. The molecule has 2 aromatic rings. The molecule has 1 fully saturated rings. The van der Waals surface area contributed by atoms with Gasteiger partial charge in [0.15, 0.2) is 0 Å². The number of likely N-dealkylation sites (N-methyl/N-ethyl adjacent to an activating group) is 1. The van der Waals surface area contributed by atoms with Crippen LogP contribution in [0.3, 0.4) is 0 Å². The molecule has 1 aliphatic rings. The molecule has 0 N–H and O–H groups in total. The quantitative estimate of drug-likeness (QED) is 0.799. The van der Waals surface area contributed by atoms with Crippen molar-refractivity contribution in [2.24, 2.45) is 0 Å². The lowest BCUT2D eigenvalue weighted by atomic mass is 10.0. The second-order valence-electron chi connectivity index (χ2n) is 5.09. The van der Waals surface area contributed by atoms with E-state index in [0.717, 1.165) is 39.1 Å². The van der Waals surface area contributed by atoms with Gasteiger partial charge in [-0.1, -0.05) is 30.3 Å². The third-order valence-corrected chi connectivity index (χ3v) is 4.56. The Morgan fingerprint density at radius 3 is 2.39 bits per heavy atom. The zero-order valence-corrected chi connectivity index (χ0v) is 13.6. The smallest absolute Gasteiger partial charge is 0.293 e. The predicted molar refractivity (Wildman–Crippen MR) is 92.2 cm³/mol. The molecule has 23 heavy (non-hydrogen) atoms. The van der Waals surface area contributed by atoms with Crippen LogP contribution < -0.4 is 4.74 Å². The summed E-state index contributed by atoms with van der Waals surface area (Å²) >= 11 is 0.965. The number of carbonyl (C=O) groups excluding carboxylic acids is 2. The molecule has 0 saturated carbocycles. The first-order chi connectivity index (χ1) is 11.1. The lowest BCUT2D eigenvalue weighted by Crippen LogP contribution is -2.22. The molecule has 0 atom stereocenters. The van der Waals surface area contributed by atoms with Crippen LogP contribution in [0.15, 0.2) is 53.4 Å². The van der Waals surface area contributed by atoms with Gasteiger partial charge in [-0.2, -0.15) is 0 Å². The highest BCUT2D eigenvalue weighted by atomic mass is 32.2. The van der Waals surface area contributed by atoms with Crippen molar-refractivity contribution in [3.8, 4) is 16.9 Å². The Labute approximate surface area is 138 Å². The minimum absolute atomic E-state index is 0.243. The molecule has 0 unspecified atom stereocenters. The monoisotopic (exact) mass is 325 g/mol. The fourth-order valence-corrected chi connectivity index (χ4v) is 3.12. The molecule has 0 aliphatic carbocycles. The van der Waals surface area contributed by atoms with Crippen LogP contribution in [0, 0.1) is 0 Å². The Kier molecular flexibility index (Phi) is 4.21. The van der Waals surface area contributed by atoms with Crippen LogP contribution >= 0.6 is 11.8 Å². The van der Waals surface area contributed by atoms with Gasteiger partial charge in [0.05, 0.1) is 12.0 Å². The number of imide groups is 1. The number of rotatable bonds is 3. The van der Waals surface area contributed by atoms with E-state index >= 15 is 0 Å². The minimum atomic E-state index is -0.255. The summed E-state index contributed by atoms with van der Waals surface area (Å²) < 4.78 is 5.16. The summed E-state index contributed by atoms with van der Waals surface area (Å²) in [5.41, 5.74) is 2.99. The van der Waals surface area contributed by atoms with E-state index in [9.17, 15) is 9.59 Å². The van der Waals surface area contributed by atoms with Crippen LogP contribution in [-0.4, -0.2) is 30.2 Å². The van der Waals surface area contributed by atoms with Gasteiger partial charge in [-0.05, 0) is 52.7 Å². The number of methoxy groups -OCH3 is 1. The van der Waals surface area contributed by atoms with Crippen LogP contribution in [0.25, 0.3) is 17.2 Å². The summed E-state index contributed by atoms with van der Waals surface area (Å²) in [5.74, 6) is 0.552. The number of hydrogen-bond donors (Lipinski definition) is 0. The topological polar surface area (TPSA) is 46.6 Å². The molecular formula is C18H15NO3S. The maximum absolute atomic E-state index is 11.9. The van der Waals surface area contributed by atoms with E-state index in [4.69, 9.17) is 4.74 Å². The van der Waals surface area contributed by atoms with E-state index in [-0.39, 0.29) is 11.1 Å². The highest BCUT2D eigenvalue weighted by Gasteiger charge is 2.31. The lowest BCUT2D eigenvalue weighted by molar-refractivity contribution is -0.121. The van der Waals surface area contributed by atoms with Crippen molar-refractivity contribution in [2.75, 3.05) is 14.2 Å². The Bertz CT molecular complexity index is 796. The first kappa shape index (κ1) is 15.4. The van der Waals surface area contributed by atoms with Crippen molar-refractivity contribution in [3.63, 3.8) is 0 Å². The summed E-state index contributed by atoms with van der Waals surface area (Å²) in [6.07, 6.45) is 1.75. The van der Waals surface area contributed by atoms with E-state index in [1.165, 1.54) is 7.05 Å². The zero-order chi connectivity index (χ0) is 16.4. The molecule has 0 aromatic heterocycles. The van der Waals surface area contributed by atoms with Crippen LogP contribution in [0.4, 0.5) is 4.79 Å². The molecule has 3 rings (SSSR count). The molecule has 2 amide bonds. The molecule has 0 radical (unpaired) electrons. The van der Waals surface area contributed by atoms with Crippen LogP contribution in [0.5, 0.6) is 5.75 Å². The van der Waals surface area contributed by atoms with Crippen LogP contribution in [0.1, 0.15) is 5.56 Å². The van der Waals surface area contributed by atoms with Gasteiger partial charge in [-0.25, -0.2) is 0 Å². The van der Waals surface area contributed by atoms with E-state index in [1.54, 1.807) is 13.2 Å². The minimum Gasteiger partial charge on any atom is -0.497 e. The highest BCUT2D eigenvalue weighted by Crippen LogP contribution is 2.31. The number of thioether (sulfide) groups is 1. The Hall–Kier alpha value is -2.53. The van der Waals surface area contributed by atoms with Crippen molar-refractivity contribution in [1.29, 1.82) is 0 Å². The molecule has 1 saturated heterocycles. The first-order valence-electron chi connectivity index (χ1n) is 7.04. The molecule has 2 aromatic carbocycles. The molecule has 5 heteroatoms. The molecule has 116 valence electrons. The molecular weight excluding hydrogens is 310 g/mol. The Balaban J connectivity index is 1.91. The molecule has 1 aliphatic heterocycles. The van der Waals surface area contributed by atoms with Crippen molar-refractivity contribution in [2.45, 2.75) is 0 Å². The SMILES string of the molecule is COc1ccc(-c2cccc(C=C3SC(=O)N(C)C3=O)c2)cc1. The molecule has 0 bridgehead atoms. The summed E-state index contributed by atoms with van der Waals surface area (Å²) in [4.78, 5) is 25.1. The molecule has 4 nitrogen and oxygen atoms in total. The summed E-state index contributed by atoms with van der Waals surface area (Å²) in [5, 5.41) is -0.243.